The number of halogens is 3. The zero-order valence-electron chi connectivity index (χ0n) is 15.7. The molecule has 0 spiro atoms. The van der Waals surface area contributed by atoms with Gasteiger partial charge in [-0.1, -0.05) is 46.2 Å². The predicted molar refractivity (Wildman–Crippen MR) is 112 cm³/mol. The fraction of sp³-hybridized carbons (Fsp3) is 0.316. The van der Waals surface area contributed by atoms with Crippen LogP contribution >= 0.6 is 35.0 Å². The van der Waals surface area contributed by atoms with E-state index in [1.165, 1.54) is 29.2 Å². The van der Waals surface area contributed by atoms with Crippen LogP contribution in [0.1, 0.15) is 6.04 Å². The van der Waals surface area contributed by atoms with E-state index in [0.717, 1.165) is 11.8 Å². The lowest BCUT2D eigenvalue weighted by atomic mass is 9.97. The smallest absolute Gasteiger partial charge is 0.142 e. The summed E-state index contributed by atoms with van der Waals surface area (Å²) < 4.78 is 20.8. The van der Waals surface area contributed by atoms with Crippen molar-refractivity contribution in [3.8, 4) is 11.3 Å². The van der Waals surface area contributed by atoms with E-state index in [4.69, 9.17) is 27.9 Å². The number of nitrogens with zero attached hydrogens (tertiary/aromatic N) is 4. The first-order chi connectivity index (χ1) is 14.9. The molecule has 8 nitrogen and oxygen atoms in total. The molecule has 0 bridgehead atoms. The van der Waals surface area contributed by atoms with Crippen molar-refractivity contribution in [1.82, 2.24) is 20.0 Å². The van der Waals surface area contributed by atoms with E-state index in [-0.39, 0.29) is 5.02 Å². The fourth-order valence-electron chi connectivity index (χ4n) is 3.28. The third-order valence-electron chi connectivity index (χ3n) is 4.81. The molecule has 0 radical (unpaired) electrons. The molecular weight excluding hydrogens is 470 g/mol. The molecule has 3 heterocycles. The van der Waals surface area contributed by atoms with Crippen LogP contribution in [-0.4, -0.2) is 65.7 Å². The van der Waals surface area contributed by atoms with Crippen molar-refractivity contribution < 1.29 is 24.4 Å². The largest absolute Gasteiger partial charge is 0.394 e. The van der Waals surface area contributed by atoms with Crippen LogP contribution in [0.25, 0.3) is 11.3 Å². The van der Waals surface area contributed by atoms with Crippen molar-refractivity contribution in [3.63, 3.8) is 0 Å². The minimum Gasteiger partial charge on any atom is -0.394 e. The first kappa shape index (κ1) is 22.4. The van der Waals surface area contributed by atoms with Crippen LogP contribution in [-0.2, 0) is 4.74 Å². The second kappa shape index (κ2) is 9.37. The Bertz CT molecular complexity index is 1070. The molecule has 31 heavy (non-hydrogen) atoms. The summed E-state index contributed by atoms with van der Waals surface area (Å²) in [7, 11) is 0. The van der Waals surface area contributed by atoms with Gasteiger partial charge in [0.05, 0.1) is 22.8 Å². The van der Waals surface area contributed by atoms with Crippen LogP contribution in [0.5, 0.6) is 0 Å². The van der Waals surface area contributed by atoms with Crippen molar-refractivity contribution in [2.75, 3.05) is 6.61 Å². The van der Waals surface area contributed by atoms with Gasteiger partial charge in [0.1, 0.15) is 41.3 Å². The van der Waals surface area contributed by atoms with Gasteiger partial charge in [0.2, 0.25) is 0 Å². The number of hydrogen-bond acceptors (Lipinski definition) is 8. The van der Waals surface area contributed by atoms with Crippen molar-refractivity contribution in [3.05, 3.63) is 58.7 Å². The number of ether oxygens (including phenoxy) is 1. The summed E-state index contributed by atoms with van der Waals surface area (Å²) in [5, 5.41) is 39.7. The quantitative estimate of drug-likeness (QED) is 0.504. The van der Waals surface area contributed by atoms with Crippen molar-refractivity contribution in [2.45, 2.75) is 34.7 Å². The van der Waals surface area contributed by atoms with Crippen LogP contribution in [0.3, 0.4) is 0 Å². The lowest BCUT2D eigenvalue weighted by Gasteiger charge is -2.41. The average Bonchev–Trinajstić information content (AvgIpc) is 3.22. The summed E-state index contributed by atoms with van der Waals surface area (Å²) >= 11 is 12.8. The lowest BCUT2D eigenvalue weighted by Crippen LogP contribution is -2.55. The van der Waals surface area contributed by atoms with Crippen molar-refractivity contribution in [2.24, 2.45) is 0 Å². The van der Waals surface area contributed by atoms with E-state index in [9.17, 15) is 19.7 Å². The first-order valence-electron chi connectivity index (χ1n) is 9.14. The van der Waals surface area contributed by atoms with Crippen LogP contribution in [0.4, 0.5) is 4.39 Å². The van der Waals surface area contributed by atoms with Gasteiger partial charge in [0.15, 0.2) is 0 Å². The molecule has 0 aliphatic carbocycles. The number of rotatable bonds is 5. The number of pyridine rings is 1. The zero-order valence-corrected chi connectivity index (χ0v) is 18.0. The maximum absolute atomic E-state index is 13.8. The molecule has 0 amide bonds. The third-order valence-corrected chi connectivity index (χ3v) is 6.44. The Labute approximate surface area is 190 Å². The molecule has 1 saturated heterocycles. The summed E-state index contributed by atoms with van der Waals surface area (Å²) in [6, 6.07) is 4.88. The molecule has 2 aromatic heterocycles. The van der Waals surface area contributed by atoms with Gasteiger partial charge >= 0.3 is 0 Å². The van der Waals surface area contributed by atoms with E-state index >= 15 is 0 Å². The molecule has 1 aliphatic heterocycles. The average molecular weight is 487 g/mol. The Kier molecular flexibility index (Phi) is 6.77. The van der Waals surface area contributed by atoms with Crippen LogP contribution < -0.4 is 0 Å². The van der Waals surface area contributed by atoms with Gasteiger partial charge in [-0.25, -0.2) is 9.07 Å². The molecule has 164 valence electrons. The molecule has 12 heteroatoms. The standard InChI is InChI=1S/C19H17Cl2FN4O4S/c20-10-4-11(6-23-5-10)31-19-18(29)16(17(28)15(8-27)30-19)26-7-14(24-25-26)9-1-2-12(21)13(22)3-9/h1-7,15-19,27-29H,8H2/t15?,16?,17-,18?,19+/m0/s1. The summed E-state index contributed by atoms with van der Waals surface area (Å²) in [5.41, 5.74) is -0.101. The van der Waals surface area contributed by atoms with Crippen LogP contribution in [0.2, 0.25) is 10.0 Å². The fourth-order valence-corrected chi connectivity index (χ4v) is 4.72. The van der Waals surface area contributed by atoms with Crippen LogP contribution in [0, 0.1) is 5.82 Å². The molecule has 1 aromatic carbocycles. The van der Waals surface area contributed by atoms with Gasteiger partial charge in [-0.05, 0) is 18.2 Å². The summed E-state index contributed by atoms with van der Waals surface area (Å²) in [6.45, 7) is -0.473. The third kappa shape index (κ3) is 4.70. The summed E-state index contributed by atoms with van der Waals surface area (Å²) in [4.78, 5) is 4.64. The monoisotopic (exact) mass is 486 g/mol. The van der Waals surface area contributed by atoms with Crippen molar-refractivity contribution in [1.29, 1.82) is 0 Å². The molecule has 0 saturated carbocycles. The predicted octanol–water partition coefficient (Wildman–Crippen LogP) is 2.56. The van der Waals surface area contributed by atoms with E-state index in [2.05, 4.69) is 15.3 Å². The number of aliphatic hydroxyl groups is 3. The Hall–Kier alpha value is -1.79. The van der Waals surface area contributed by atoms with E-state index < -0.39 is 42.2 Å². The second-order valence-electron chi connectivity index (χ2n) is 6.87. The van der Waals surface area contributed by atoms with E-state index in [1.54, 1.807) is 18.3 Å². The Morgan fingerprint density at radius 2 is 1.97 bits per heavy atom. The summed E-state index contributed by atoms with van der Waals surface area (Å²) in [5.74, 6) is -0.605. The lowest BCUT2D eigenvalue weighted by molar-refractivity contribution is -0.178. The molecular formula is C19H17Cl2FN4O4S. The molecule has 3 N–H and O–H groups in total. The minimum atomic E-state index is -1.27. The molecule has 4 rings (SSSR count). The zero-order chi connectivity index (χ0) is 22.1. The Balaban J connectivity index is 1.62. The summed E-state index contributed by atoms with van der Waals surface area (Å²) in [6.07, 6.45) is 1.04. The minimum absolute atomic E-state index is 0.0208. The Morgan fingerprint density at radius 1 is 1.16 bits per heavy atom. The highest BCUT2D eigenvalue weighted by Crippen LogP contribution is 2.38. The molecule has 1 fully saturated rings. The first-order valence-corrected chi connectivity index (χ1v) is 10.8. The molecule has 3 aromatic rings. The normalized spacial score (nSPS) is 26.2. The SMILES string of the molecule is OCC1O[C@H](Sc2cncc(Cl)c2)C(O)C(n2cc(-c3ccc(Cl)c(F)c3)nn2)[C@H]1O. The van der Waals surface area contributed by atoms with Gasteiger partial charge < -0.3 is 20.1 Å². The second-order valence-corrected chi connectivity index (χ2v) is 8.88. The maximum Gasteiger partial charge on any atom is 0.142 e. The molecule has 3 unspecified atom stereocenters. The highest BCUT2D eigenvalue weighted by molar-refractivity contribution is 7.99. The van der Waals surface area contributed by atoms with Gasteiger partial charge in [0, 0.05) is 22.9 Å². The van der Waals surface area contributed by atoms with Gasteiger partial charge in [-0.2, -0.15) is 0 Å². The van der Waals surface area contributed by atoms with Gasteiger partial charge in [0.25, 0.3) is 0 Å². The maximum atomic E-state index is 13.8. The number of aromatic nitrogens is 4. The van der Waals surface area contributed by atoms with E-state index in [0.29, 0.717) is 21.2 Å². The van der Waals surface area contributed by atoms with Gasteiger partial charge in [-0.15, -0.1) is 5.10 Å². The van der Waals surface area contributed by atoms with E-state index in [1.807, 2.05) is 0 Å². The number of hydrogen-bond donors (Lipinski definition) is 3. The van der Waals surface area contributed by atoms with Crippen LogP contribution in [0.15, 0.2) is 47.8 Å². The number of thioether (sulfide) groups is 1. The molecule has 5 atom stereocenters. The van der Waals surface area contributed by atoms with Crippen molar-refractivity contribution >= 4 is 35.0 Å². The number of benzene rings is 1. The topological polar surface area (TPSA) is 114 Å². The number of aliphatic hydroxyl groups excluding tert-OH is 3. The Morgan fingerprint density at radius 3 is 2.68 bits per heavy atom. The highest BCUT2D eigenvalue weighted by atomic mass is 35.5. The van der Waals surface area contributed by atoms with Gasteiger partial charge in [-0.3, -0.25) is 4.98 Å². The molecule has 1 aliphatic rings. The highest BCUT2D eigenvalue weighted by Gasteiger charge is 2.46.